The van der Waals surface area contributed by atoms with Gasteiger partial charge in [0.05, 0.1) is 17.6 Å². The molecule has 2 rings (SSSR count). The second-order valence-corrected chi connectivity index (χ2v) is 4.45. The lowest BCUT2D eigenvalue weighted by Gasteiger charge is -2.11. The van der Waals surface area contributed by atoms with E-state index in [4.69, 9.17) is 0 Å². The molecule has 0 fully saturated rings. The summed E-state index contributed by atoms with van der Waals surface area (Å²) in [7, 11) is 1.84. The molecule has 0 amide bonds. The molecule has 0 bridgehead atoms. The van der Waals surface area contributed by atoms with Gasteiger partial charge in [-0.15, -0.1) is 0 Å². The number of hydrogen-bond donors (Lipinski definition) is 2. The van der Waals surface area contributed by atoms with Crippen molar-refractivity contribution in [2.24, 2.45) is 7.05 Å². The molecule has 0 atom stereocenters. The van der Waals surface area contributed by atoms with E-state index in [0.29, 0.717) is 17.9 Å². The summed E-state index contributed by atoms with van der Waals surface area (Å²) in [6.45, 7) is 4.07. The van der Waals surface area contributed by atoms with Crippen LogP contribution in [0.15, 0.2) is 18.5 Å². The SMILES string of the molecule is Cc1cc(NCc2cnn(C)c2)c(C(=O)O)c(C)n1. The van der Waals surface area contributed by atoms with Crippen molar-refractivity contribution in [2.75, 3.05) is 5.32 Å². The number of aromatic carboxylic acids is 1. The number of hydrogen-bond acceptors (Lipinski definition) is 4. The molecule has 0 aromatic carbocycles. The maximum Gasteiger partial charge on any atom is 0.339 e. The Morgan fingerprint density at radius 2 is 2.21 bits per heavy atom. The predicted octanol–water partition coefficient (Wildman–Crippen LogP) is 1.74. The first-order valence-electron chi connectivity index (χ1n) is 5.90. The van der Waals surface area contributed by atoms with Gasteiger partial charge in [0.25, 0.3) is 0 Å². The van der Waals surface area contributed by atoms with Gasteiger partial charge in [-0.2, -0.15) is 5.10 Å². The molecule has 2 aromatic rings. The van der Waals surface area contributed by atoms with Gasteiger partial charge in [0, 0.05) is 31.0 Å². The van der Waals surface area contributed by atoms with E-state index in [2.05, 4.69) is 15.4 Å². The van der Waals surface area contributed by atoms with Gasteiger partial charge in [-0.1, -0.05) is 0 Å². The molecule has 0 unspecified atom stereocenters. The number of anilines is 1. The van der Waals surface area contributed by atoms with E-state index in [9.17, 15) is 9.90 Å². The van der Waals surface area contributed by atoms with E-state index in [1.165, 1.54) is 0 Å². The third kappa shape index (κ3) is 2.90. The third-order valence-corrected chi connectivity index (χ3v) is 2.78. The molecule has 0 aliphatic carbocycles. The zero-order valence-electron chi connectivity index (χ0n) is 11.1. The van der Waals surface area contributed by atoms with E-state index in [1.54, 1.807) is 23.9 Å². The van der Waals surface area contributed by atoms with Crippen molar-refractivity contribution in [3.05, 3.63) is 41.0 Å². The molecule has 0 radical (unpaired) electrons. The highest BCUT2D eigenvalue weighted by Gasteiger charge is 2.15. The number of carboxylic acid groups (broad SMARTS) is 1. The minimum atomic E-state index is -0.973. The first kappa shape index (κ1) is 13.1. The van der Waals surface area contributed by atoms with Crippen LogP contribution in [-0.4, -0.2) is 25.8 Å². The van der Waals surface area contributed by atoms with Crippen LogP contribution < -0.4 is 5.32 Å². The summed E-state index contributed by atoms with van der Waals surface area (Å²) in [6.07, 6.45) is 3.63. The van der Waals surface area contributed by atoms with Crippen molar-refractivity contribution >= 4 is 11.7 Å². The topological polar surface area (TPSA) is 80.0 Å². The first-order chi connectivity index (χ1) is 8.97. The van der Waals surface area contributed by atoms with Gasteiger partial charge in [-0.05, 0) is 19.9 Å². The minimum absolute atomic E-state index is 0.217. The Balaban J connectivity index is 2.26. The Bertz CT molecular complexity index is 619. The van der Waals surface area contributed by atoms with Gasteiger partial charge in [0.2, 0.25) is 0 Å². The van der Waals surface area contributed by atoms with Crippen molar-refractivity contribution in [1.29, 1.82) is 0 Å². The van der Waals surface area contributed by atoms with Crippen molar-refractivity contribution in [3.8, 4) is 0 Å². The molecule has 2 heterocycles. The fraction of sp³-hybridized carbons (Fsp3) is 0.308. The molecule has 0 aliphatic rings. The Kier molecular flexibility index (Phi) is 3.50. The number of nitrogens with one attached hydrogen (secondary N) is 1. The number of aryl methyl sites for hydroxylation is 3. The van der Waals surface area contributed by atoms with Crippen molar-refractivity contribution in [3.63, 3.8) is 0 Å². The largest absolute Gasteiger partial charge is 0.478 e. The van der Waals surface area contributed by atoms with Gasteiger partial charge >= 0.3 is 5.97 Å². The highest BCUT2D eigenvalue weighted by molar-refractivity contribution is 5.95. The molecular weight excluding hydrogens is 244 g/mol. The molecule has 0 aliphatic heterocycles. The Morgan fingerprint density at radius 3 is 2.79 bits per heavy atom. The zero-order chi connectivity index (χ0) is 14.0. The molecule has 0 spiro atoms. The van der Waals surface area contributed by atoms with Crippen LogP contribution in [0.3, 0.4) is 0 Å². The van der Waals surface area contributed by atoms with Gasteiger partial charge < -0.3 is 10.4 Å². The molecule has 100 valence electrons. The van der Waals surface area contributed by atoms with Crippen molar-refractivity contribution < 1.29 is 9.90 Å². The molecule has 0 saturated heterocycles. The summed E-state index contributed by atoms with van der Waals surface area (Å²) in [5.41, 5.74) is 3.10. The number of carbonyl (C=O) groups is 1. The number of carboxylic acids is 1. The van der Waals surface area contributed by atoms with Crippen molar-refractivity contribution in [1.82, 2.24) is 14.8 Å². The van der Waals surface area contributed by atoms with Gasteiger partial charge in [-0.3, -0.25) is 9.67 Å². The first-order valence-corrected chi connectivity index (χ1v) is 5.90. The Morgan fingerprint density at radius 1 is 1.47 bits per heavy atom. The lowest BCUT2D eigenvalue weighted by molar-refractivity contribution is 0.0696. The molecule has 6 heteroatoms. The standard InChI is InChI=1S/C13H16N4O2/c1-8-4-11(12(13(18)19)9(2)16-8)14-5-10-6-15-17(3)7-10/h4,6-7H,5H2,1-3H3,(H,14,16)(H,18,19). The van der Waals surface area contributed by atoms with Crippen LogP contribution in [0.2, 0.25) is 0 Å². The number of rotatable bonds is 4. The van der Waals surface area contributed by atoms with Crippen LogP contribution in [0.4, 0.5) is 5.69 Å². The van der Waals surface area contributed by atoms with Gasteiger partial charge in [0.15, 0.2) is 0 Å². The van der Waals surface area contributed by atoms with Crippen LogP contribution >= 0.6 is 0 Å². The molecule has 6 nitrogen and oxygen atoms in total. The summed E-state index contributed by atoms with van der Waals surface area (Å²) in [5.74, 6) is -0.973. The predicted molar refractivity (Wildman–Crippen MR) is 71.2 cm³/mol. The normalized spacial score (nSPS) is 10.5. The lowest BCUT2D eigenvalue weighted by atomic mass is 10.1. The van der Waals surface area contributed by atoms with Crippen molar-refractivity contribution in [2.45, 2.75) is 20.4 Å². The Hall–Kier alpha value is -2.37. The van der Waals surface area contributed by atoms with E-state index in [1.807, 2.05) is 20.2 Å². The average Bonchev–Trinajstić information content (AvgIpc) is 2.71. The average molecular weight is 260 g/mol. The highest BCUT2D eigenvalue weighted by Crippen LogP contribution is 2.20. The zero-order valence-corrected chi connectivity index (χ0v) is 11.1. The molecule has 0 saturated carbocycles. The summed E-state index contributed by atoms with van der Waals surface area (Å²) in [5, 5.41) is 16.4. The highest BCUT2D eigenvalue weighted by atomic mass is 16.4. The van der Waals surface area contributed by atoms with Crippen LogP contribution in [0, 0.1) is 13.8 Å². The third-order valence-electron chi connectivity index (χ3n) is 2.78. The summed E-state index contributed by atoms with van der Waals surface area (Å²) < 4.78 is 1.71. The molecule has 2 aromatic heterocycles. The van der Waals surface area contributed by atoms with Crippen LogP contribution in [-0.2, 0) is 13.6 Å². The monoisotopic (exact) mass is 260 g/mol. The minimum Gasteiger partial charge on any atom is -0.478 e. The summed E-state index contributed by atoms with van der Waals surface area (Å²) in [4.78, 5) is 15.5. The second kappa shape index (κ2) is 5.09. The number of aromatic nitrogens is 3. The van der Waals surface area contributed by atoms with E-state index >= 15 is 0 Å². The van der Waals surface area contributed by atoms with E-state index < -0.39 is 5.97 Å². The second-order valence-electron chi connectivity index (χ2n) is 4.45. The van der Waals surface area contributed by atoms with E-state index in [0.717, 1.165) is 11.3 Å². The van der Waals surface area contributed by atoms with Crippen LogP contribution in [0.25, 0.3) is 0 Å². The quantitative estimate of drug-likeness (QED) is 0.875. The molecule has 2 N–H and O–H groups in total. The summed E-state index contributed by atoms with van der Waals surface area (Å²) >= 11 is 0. The fourth-order valence-electron chi connectivity index (χ4n) is 2.00. The van der Waals surface area contributed by atoms with Crippen LogP contribution in [0.1, 0.15) is 27.3 Å². The molecule has 19 heavy (non-hydrogen) atoms. The maximum absolute atomic E-state index is 11.3. The van der Waals surface area contributed by atoms with E-state index in [-0.39, 0.29) is 5.56 Å². The molecular formula is C13H16N4O2. The Labute approximate surface area is 111 Å². The smallest absolute Gasteiger partial charge is 0.339 e. The number of pyridine rings is 1. The van der Waals surface area contributed by atoms with Gasteiger partial charge in [-0.25, -0.2) is 4.79 Å². The van der Waals surface area contributed by atoms with Gasteiger partial charge in [0.1, 0.15) is 5.56 Å². The lowest BCUT2D eigenvalue weighted by Crippen LogP contribution is -2.10. The summed E-state index contributed by atoms with van der Waals surface area (Å²) in [6, 6.07) is 1.74. The number of nitrogens with zero attached hydrogens (tertiary/aromatic N) is 3. The fourth-order valence-corrected chi connectivity index (χ4v) is 2.00. The van der Waals surface area contributed by atoms with Crippen LogP contribution in [0.5, 0.6) is 0 Å². The maximum atomic E-state index is 11.3.